The summed E-state index contributed by atoms with van der Waals surface area (Å²) in [5.41, 5.74) is 0. The van der Waals surface area contributed by atoms with Crippen LogP contribution in [0, 0.1) is 10.4 Å². The molecule has 11 heteroatoms. The molecule has 0 amide bonds. The Labute approximate surface area is 119 Å². The molecule has 0 saturated heterocycles. The van der Waals surface area contributed by atoms with Gasteiger partial charge in [0.15, 0.2) is 0 Å². The molecule has 2 aromatic heterocycles. The Balaban J connectivity index is 1.77. The monoisotopic (exact) mass is 462 g/mol. The standard InChI is InChI=1S/2C4H3N2O3.Pb/c2*7-6(8)5-4-2-1-3-9-4;/h2*1-3H;/q2*-1;+2. The Bertz CT molecular complexity index is 502. The quantitative estimate of drug-likeness (QED) is 0.369. The van der Waals surface area contributed by atoms with E-state index >= 15 is 0 Å². The molecular weight excluding hydrogens is 455 g/mol. The van der Waals surface area contributed by atoms with Gasteiger partial charge in [-0.25, -0.2) is 0 Å². The number of rotatable bonds is 6. The van der Waals surface area contributed by atoms with Crippen LogP contribution < -0.4 is 0 Å². The molecule has 2 heterocycles. The minimum absolute atomic E-state index is 0.0668. The molecule has 0 aliphatic rings. The molecule has 0 bridgehead atoms. The van der Waals surface area contributed by atoms with Crippen molar-refractivity contribution in [1.82, 2.24) is 0 Å². The van der Waals surface area contributed by atoms with Gasteiger partial charge in [-0.15, -0.1) is 0 Å². The first-order valence-electron chi connectivity index (χ1n) is 4.78. The van der Waals surface area contributed by atoms with E-state index in [2.05, 4.69) is 15.8 Å². The van der Waals surface area contributed by atoms with Crippen LogP contribution in [0.15, 0.2) is 55.9 Å². The second kappa shape index (κ2) is 6.72. The van der Waals surface area contributed by atoms with Gasteiger partial charge in [-0.1, -0.05) is 0 Å². The van der Waals surface area contributed by atoms with Gasteiger partial charge in [-0.3, -0.25) is 0 Å². The molecule has 98 valence electrons. The van der Waals surface area contributed by atoms with Crippen LogP contribution in [0.3, 0.4) is 0 Å². The third-order valence-electron chi connectivity index (χ3n) is 1.60. The van der Waals surface area contributed by atoms with E-state index in [1.807, 2.05) is 0 Å². The Morgan fingerprint density at radius 2 is 1.42 bits per heavy atom. The summed E-state index contributed by atoms with van der Waals surface area (Å²) in [5, 5.41) is 28.8. The van der Waals surface area contributed by atoms with Crippen molar-refractivity contribution < 1.29 is 24.5 Å². The van der Waals surface area contributed by atoms with Crippen LogP contribution in [-0.4, -0.2) is 35.2 Å². The van der Waals surface area contributed by atoms with Crippen molar-refractivity contribution in [2.45, 2.75) is 0 Å². The van der Waals surface area contributed by atoms with Gasteiger partial charge in [0.05, 0.1) is 0 Å². The minimum atomic E-state index is -2.43. The fourth-order valence-corrected chi connectivity index (χ4v) is 1.88. The molecule has 0 fully saturated rings. The van der Waals surface area contributed by atoms with E-state index in [0.717, 1.165) is 0 Å². The molecule has 2 rings (SSSR count). The van der Waals surface area contributed by atoms with Gasteiger partial charge in [0.2, 0.25) is 0 Å². The zero-order valence-corrected chi connectivity index (χ0v) is 13.1. The van der Waals surface area contributed by atoms with Gasteiger partial charge >= 0.3 is 119 Å². The molecular formula is C8H6N4O6Pb. The number of hydrogen-bond donors (Lipinski definition) is 0. The Morgan fingerprint density at radius 3 is 1.79 bits per heavy atom. The summed E-state index contributed by atoms with van der Waals surface area (Å²) in [6.07, 6.45) is 2.71. The topological polar surface area (TPSA) is 122 Å². The van der Waals surface area contributed by atoms with Crippen molar-refractivity contribution in [2.75, 3.05) is 0 Å². The fourth-order valence-electron chi connectivity index (χ4n) is 0.936. The summed E-state index contributed by atoms with van der Waals surface area (Å²) in [5.74, 6) is 0.163. The second-order valence-corrected chi connectivity index (χ2v) is 4.91. The van der Waals surface area contributed by atoms with Crippen molar-refractivity contribution >= 4 is 36.9 Å². The molecule has 2 radical (unpaired) electrons. The van der Waals surface area contributed by atoms with E-state index in [4.69, 9.17) is 8.83 Å². The van der Waals surface area contributed by atoms with E-state index in [0.29, 0.717) is 0 Å². The van der Waals surface area contributed by atoms with E-state index < -0.39 is 25.1 Å². The van der Waals surface area contributed by atoms with Crippen molar-refractivity contribution in [2.24, 2.45) is 10.2 Å². The normalized spacial score (nSPS) is 12.4. The predicted molar refractivity (Wildman–Crippen MR) is 56.8 cm³/mol. The van der Waals surface area contributed by atoms with Crippen molar-refractivity contribution in [3.8, 4) is 0 Å². The van der Waals surface area contributed by atoms with Crippen molar-refractivity contribution in [3.63, 3.8) is 0 Å². The van der Waals surface area contributed by atoms with Crippen LogP contribution in [0.4, 0.5) is 11.8 Å². The average molecular weight is 461 g/mol. The molecule has 0 aliphatic heterocycles. The zero-order chi connectivity index (χ0) is 13.5. The van der Waals surface area contributed by atoms with Gasteiger partial charge in [0.1, 0.15) is 0 Å². The van der Waals surface area contributed by atoms with Crippen molar-refractivity contribution in [1.29, 1.82) is 0 Å². The van der Waals surface area contributed by atoms with Gasteiger partial charge < -0.3 is 0 Å². The van der Waals surface area contributed by atoms with Crippen LogP contribution in [-0.2, 0) is 5.58 Å². The van der Waals surface area contributed by atoms with E-state index in [1.165, 1.54) is 24.7 Å². The predicted octanol–water partition coefficient (Wildman–Crippen LogP) is 2.16. The molecule has 2 aromatic rings. The molecule has 0 spiro atoms. The van der Waals surface area contributed by atoms with Gasteiger partial charge in [0.25, 0.3) is 0 Å². The second-order valence-electron chi connectivity index (χ2n) is 2.84. The first-order chi connectivity index (χ1) is 9.24. The molecule has 10 nitrogen and oxygen atoms in total. The Morgan fingerprint density at radius 1 is 0.947 bits per heavy atom. The number of nitrogens with zero attached hydrogens (tertiary/aromatic N) is 4. The number of furan rings is 2. The fraction of sp³-hybridized carbons (Fsp3) is 0. The molecule has 0 aliphatic carbocycles. The van der Waals surface area contributed by atoms with E-state index in [1.54, 1.807) is 12.1 Å². The molecule has 0 N–H and O–H groups in total. The van der Waals surface area contributed by atoms with E-state index in [-0.39, 0.29) is 21.8 Å². The Kier molecular flexibility index (Phi) is 4.71. The summed E-state index contributed by atoms with van der Waals surface area (Å²) in [4.78, 5) is 0. The average Bonchev–Trinajstić information content (AvgIpc) is 3.02. The van der Waals surface area contributed by atoms with Crippen molar-refractivity contribution in [3.05, 3.63) is 47.2 Å². The number of hydrogen-bond acceptors (Lipinski definition) is 8. The summed E-state index contributed by atoms with van der Waals surface area (Å²) in [6, 6.07) is 6.06. The third kappa shape index (κ3) is 4.57. The SMILES string of the molecule is [O-]/[N+](=N\c1ccco1)[O][Pb][O]/[N+]([O-])=N/c1ccco1. The summed E-state index contributed by atoms with van der Waals surface area (Å²) >= 11 is -2.43. The van der Waals surface area contributed by atoms with Crippen LogP contribution in [0.25, 0.3) is 0 Å². The third-order valence-corrected chi connectivity index (χ3v) is 3.40. The first kappa shape index (κ1) is 13.3. The summed E-state index contributed by atoms with van der Waals surface area (Å²) < 4.78 is 18.8. The molecule has 0 atom stereocenters. The Hall–Kier alpha value is -2.12. The van der Waals surface area contributed by atoms with Crippen LogP contribution >= 0.6 is 0 Å². The molecule has 0 unspecified atom stereocenters. The molecule has 0 aromatic carbocycles. The van der Waals surface area contributed by atoms with Gasteiger partial charge in [-0.05, 0) is 0 Å². The maximum absolute atomic E-state index is 11.1. The van der Waals surface area contributed by atoms with Crippen LogP contribution in [0.1, 0.15) is 0 Å². The molecule has 19 heavy (non-hydrogen) atoms. The van der Waals surface area contributed by atoms with E-state index in [9.17, 15) is 10.4 Å². The van der Waals surface area contributed by atoms with Crippen LogP contribution in [0.2, 0.25) is 0 Å². The first-order valence-corrected chi connectivity index (χ1v) is 7.95. The summed E-state index contributed by atoms with van der Waals surface area (Å²) in [7, 11) is 0. The maximum atomic E-state index is 11.1. The molecule has 0 saturated carbocycles. The van der Waals surface area contributed by atoms with Gasteiger partial charge in [0, 0.05) is 0 Å². The zero-order valence-electron chi connectivity index (χ0n) is 9.20. The summed E-state index contributed by atoms with van der Waals surface area (Å²) in [6.45, 7) is 0. The van der Waals surface area contributed by atoms with Gasteiger partial charge in [-0.2, -0.15) is 0 Å². The van der Waals surface area contributed by atoms with Crippen LogP contribution in [0.5, 0.6) is 0 Å².